The van der Waals surface area contributed by atoms with Crippen molar-refractivity contribution >= 4 is 35.8 Å². The maximum atomic E-state index is 4.66. The van der Waals surface area contributed by atoms with Gasteiger partial charge in [0.25, 0.3) is 0 Å². The Morgan fingerprint density at radius 2 is 1.88 bits per heavy atom. The van der Waals surface area contributed by atoms with Crippen molar-refractivity contribution in [1.29, 1.82) is 0 Å². The third-order valence-electron chi connectivity index (χ3n) is 5.67. The Morgan fingerprint density at radius 1 is 1.09 bits per heavy atom. The Kier molecular flexibility index (Phi) is 8.90. The summed E-state index contributed by atoms with van der Waals surface area (Å²) in [7, 11) is 1.82. The molecule has 0 aliphatic carbocycles. The van der Waals surface area contributed by atoms with Crippen molar-refractivity contribution in [1.82, 2.24) is 25.2 Å². The third kappa shape index (κ3) is 6.44. The average Bonchev–Trinajstić information content (AvgIpc) is 3.24. The van der Waals surface area contributed by atoms with Crippen LogP contribution in [0.4, 0.5) is 5.82 Å². The number of halogens is 1. The summed E-state index contributed by atoms with van der Waals surface area (Å²) >= 11 is 0. The van der Waals surface area contributed by atoms with Crippen LogP contribution in [0.15, 0.2) is 65.9 Å². The predicted octanol–water partition coefficient (Wildman–Crippen LogP) is 3.59. The molecule has 32 heavy (non-hydrogen) atoms. The van der Waals surface area contributed by atoms with Crippen LogP contribution in [0.2, 0.25) is 0 Å². The first-order chi connectivity index (χ1) is 15.2. The molecule has 7 nitrogen and oxygen atoms in total. The average molecular weight is 545 g/mol. The number of nitrogens with zero attached hydrogens (tertiary/aromatic N) is 5. The zero-order valence-electron chi connectivity index (χ0n) is 18.7. The van der Waals surface area contributed by atoms with Gasteiger partial charge in [0, 0.05) is 50.8 Å². The Morgan fingerprint density at radius 3 is 2.59 bits per heavy atom. The van der Waals surface area contributed by atoms with Gasteiger partial charge in [0.1, 0.15) is 11.6 Å². The number of aliphatic imine (C=N–C) groups is 1. The number of guanidine groups is 1. The Bertz CT molecular complexity index is 994. The summed E-state index contributed by atoms with van der Waals surface area (Å²) in [6.45, 7) is 5.47. The summed E-state index contributed by atoms with van der Waals surface area (Å²) in [5, 5.41) is 7.00. The molecule has 3 aromatic rings. The lowest BCUT2D eigenvalue weighted by Gasteiger charge is -2.34. The second-order valence-corrected chi connectivity index (χ2v) is 7.93. The van der Waals surface area contributed by atoms with Crippen LogP contribution < -0.4 is 15.5 Å². The topological polar surface area (TPSA) is 70.4 Å². The second kappa shape index (κ2) is 11.8. The van der Waals surface area contributed by atoms with E-state index in [0.29, 0.717) is 12.6 Å². The highest BCUT2D eigenvalue weighted by molar-refractivity contribution is 14.0. The number of hydrogen-bond donors (Lipinski definition) is 2. The quantitative estimate of drug-likeness (QED) is 0.282. The number of imidazole rings is 1. The molecule has 0 saturated carbocycles. The largest absolute Gasteiger partial charge is 0.356 e. The van der Waals surface area contributed by atoms with Gasteiger partial charge in [-0.1, -0.05) is 36.4 Å². The highest BCUT2D eigenvalue weighted by Crippen LogP contribution is 2.18. The first-order valence-electron chi connectivity index (χ1n) is 10.9. The van der Waals surface area contributed by atoms with Gasteiger partial charge in [-0.3, -0.25) is 4.99 Å². The van der Waals surface area contributed by atoms with Crippen LogP contribution in [-0.4, -0.2) is 46.7 Å². The first kappa shape index (κ1) is 24.0. The minimum atomic E-state index is 0. The van der Waals surface area contributed by atoms with E-state index in [2.05, 4.69) is 71.5 Å². The molecule has 0 unspecified atom stereocenters. The van der Waals surface area contributed by atoms with E-state index in [0.717, 1.165) is 55.8 Å². The van der Waals surface area contributed by atoms with Crippen LogP contribution in [0, 0.1) is 6.92 Å². The number of pyridine rings is 1. The zero-order chi connectivity index (χ0) is 21.5. The van der Waals surface area contributed by atoms with Gasteiger partial charge < -0.3 is 20.1 Å². The van der Waals surface area contributed by atoms with Crippen molar-refractivity contribution in [3.8, 4) is 0 Å². The highest BCUT2D eigenvalue weighted by atomic mass is 127. The molecule has 1 saturated heterocycles. The Labute approximate surface area is 207 Å². The fraction of sp³-hybridized carbons (Fsp3) is 0.375. The normalized spacial score (nSPS) is 14.7. The molecule has 0 spiro atoms. The highest BCUT2D eigenvalue weighted by Gasteiger charge is 2.21. The lowest BCUT2D eigenvalue weighted by Crippen LogP contribution is -2.48. The van der Waals surface area contributed by atoms with E-state index < -0.39 is 0 Å². The number of nitrogens with one attached hydrogen (secondary N) is 2. The van der Waals surface area contributed by atoms with Gasteiger partial charge in [-0.05, 0) is 37.5 Å². The molecule has 0 amide bonds. The molecule has 1 aliphatic heterocycles. The van der Waals surface area contributed by atoms with Crippen molar-refractivity contribution < 1.29 is 0 Å². The van der Waals surface area contributed by atoms with Gasteiger partial charge in [0.05, 0.1) is 6.54 Å². The number of anilines is 1. The number of benzene rings is 1. The summed E-state index contributed by atoms with van der Waals surface area (Å²) in [6.07, 6.45) is 5.98. The lowest BCUT2D eigenvalue weighted by molar-refractivity contribution is 0.459. The van der Waals surface area contributed by atoms with Crippen molar-refractivity contribution in [2.75, 3.05) is 25.0 Å². The maximum Gasteiger partial charge on any atom is 0.191 e. The Balaban J connectivity index is 0.00000289. The molecule has 1 aliphatic rings. The minimum absolute atomic E-state index is 0. The van der Waals surface area contributed by atoms with Crippen molar-refractivity contribution in [3.63, 3.8) is 0 Å². The van der Waals surface area contributed by atoms with E-state index in [1.165, 1.54) is 5.56 Å². The SMILES string of the molecule is CN=C(NCc1nccn1Cc1ccccc1)NC1CCN(c2cccc(C)n2)CC1.I. The van der Waals surface area contributed by atoms with Crippen LogP contribution in [0.5, 0.6) is 0 Å². The molecular weight excluding hydrogens is 513 g/mol. The molecule has 3 heterocycles. The second-order valence-electron chi connectivity index (χ2n) is 7.93. The van der Waals surface area contributed by atoms with Crippen LogP contribution in [0.1, 0.15) is 29.9 Å². The molecule has 4 rings (SSSR count). The predicted molar refractivity (Wildman–Crippen MR) is 141 cm³/mol. The van der Waals surface area contributed by atoms with Gasteiger partial charge in [-0.25, -0.2) is 9.97 Å². The molecule has 1 aromatic carbocycles. The van der Waals surface area contributed by atoms with Crippen LogP contribution in [0.25, 0.3) is 0 Å². The smallest absolute Gasteiger partial charge is 0.191 e. The molecule has 0 atom stereocenters. The summed E-state index contributed by atoms with van der Waals surface area (Å²) in [4.78, 5) is 16.0. The fourth-order valence-corrected chi connectivity index (χ4v) is 3.94. The molecule has 1 fully saturated rings. The van der Waals surface area contributed by atoms with E-state index in [9.17, 15) is 0 Å². The lowest BCUT2D eigenvalue weighted by atomic mass is 10.1. The third-order valence-corrected chi connectivity index (χ3v) is 5.67. The molecule has 2 N–H and O–H groups in total. The number of piperidine rings is 1. The van der Waals surface area contributed by atoms with E-state index in [1.807, 2.05) is 38.5 Å². The van der Waals surface area contributed by atoms with Crippen molar-refractivity contribution in [2.24, 2.45) is 4.99 Å². The first-order valence-corrected chi connectivity index (χ1v) is 10.9. The van der Waals surface area contributed by atoms with Gasteiger partial charge >= 0.3 is 0 Å². The van der Waals surface area contributed by atoms with E-state index in [4.69, 9.17) is 0 Å². The maximum absolute atomic E-state index is 4.66. The molecule has 170 valence electrons. The number of hydrogen-bond acceptors (Lipinski definition) is 4. The van der Waals surface area contributed by atoms with E-state index in [-0.39, 0.29) is 24.0 Å². The van der Waals surface area contributed by atoms with Crippen LogP contribution >= 0.6 is 24.0 Å². The van der Waals surface area contributed by atoms with E-state index in [1.54, 1.807) is 0 Å². The molecule has 2 aromatic heterocycles. The summed E-state index contributed by atoms with van der Waals surface area (Å²) in [5.41, 5.74) is 2.33. The van der Waals surface area contributed by atoms with E-state index >= 15 is 0 Å². The molecule has 0 radical (unpaired) electrons. The molecule has 8 heteroatoms. The summed E-state index contributed by atoms with van der Waals surface area (Å²) in [5.74, 6) is 2.89. The number of aryl methyl sites for hydroxylation is 1. The zero-order valence-corrected chi connectivity index (χ0v) is 21.1. The van der Waals surface area contributed by atoms with Crippen molar-refractivity contribution in [2.45, 2.75) is 38.9 Å². The standard InChI is InChI=1S/C24H31N7.HI/c1-19-7-6-10-22(28-19)30-14-11-21(12-15-30)29-24(25-2)27-17-23-26-13-16-31(23)18-20-8-4-3-5-9-20;/h3-10,13,16,21H,11-12,14-15,17-18H2,1-2H3,(H2,25,27,29);1H. The van der Waals surface area contributed by atoms with Crippen molar-refractivity contribution in [3.05, 3.63) is 78.0 Å². The van der Waals surface area contributed by atoms with Gasteiger partial charge in [-0.15, -0.1) is 24.0 Å². The fourth-order valence-electron chi connectivity index (χ4n) is 3.94. The summed E-state index contributed by atoms with van der Waals surface area (Å²) in [6, 6.07) is 17.1. The van der Waals surface area contributed by atoms with Gasteiger partial charge in [-0.2, -0.15) is 0 Å². The van der Waals surface area contributed by atoms with Gasteiger partial charge in [0.2, 0.25) is 0 Å². The Hall–Kier alpha value is -2.62. The minimum Gasteiger partial charge on any atom is -0.356 e. The van der Waals surface area contributed by atoms with Crippen LogP contribution in [-0.2, 0) is 13.1 Å². The summed E-state index contributed by atoms with van der Waals surface area (Å²) < 4.78 is 2.17. The van der Waals surface area contributed by atoms with Crippen LogP contribution in [0.3, 0.4) is 0 Å². The molecular formula is C24H32IN7. The van der Waals surface area contributed by atoms with Gasteiger partial charge in [0.15, 0.2) is 5.96 Å². The number of aromatic nitrogens is 3. The monoisotopic (exact) mass is 545 g/mol. The number of rotatable bonds is 6. The molecule has 0 bridgehead atoms.